The van der Waals surface area contributed by atoms with Crippen LogP contribution in [0.2, 0.25) is 0 Å². The average molecular weight is 351 g/mol. The molecule has 0 aliphatic carbocycles. The van der Waals surface area contributed by atoms with Crippen LogP contribution in [0.25, 0.3) is 0 Å². The fourth-order valence-corrected chi connectivity index (χ4v) is 3.58. The van der Waals surface area contributed by atoms with Gasteiger partial charge in [-0.1, -0.05) is 11.2 Å². The van der Waals surface area contributed by atoms with Crippen molar-refractivity contribution in [3.63, 3.8) is 0 Å². The monoisotopic (exact) mass is 351 g/mol. The highest BCUT2D eigenvalue weighted by Crippen LogP contribution is 2.30. The van der Waals surface area contributed by atoms with Crippen molar-refractivity contribution in [2.75, 3.05) is 32.8 Å². The molecule has 0 bridgehead atoms. The quantitative estimate of drug-likeness (QED) is 0.834. The predicted octanol–water partition coefficient (Wildman–Crippen LogP) is 1.93. The first-order valence-corrected chi connectivity index (χ1v) is 8.91. The molecule has 0 spiro atoms. The van der Waals surface area contributed by atoms with E-state index in [1.165, 1.54) is 0 Å². The number of carbonyl (C=O) groups excluding carboxylic acids is 2. The van der Waals surface area contributed by atoms with Crippen molar-refractivity contribution in [3.8, 4) is 0 Å². The van der Waals surface area contributed by atoms with Gasteiger partial charge in [0.2, 0.25) is 5.60 Å². The second kappa shape index (κ2) is 6.80. The van der Waals surface area contributed by atoms with Gasteiger partial charge >= 0.3 is 6.09 Å². The summed E-state index contributed by atoms with van der Waals surface area (Å²) < 4.78 is 4.99. The van der Waals surface area contributed by atoms with Crippen molar-refractivity contribution < 1.29 is 19.2 Å². The molecule has 1 aromatic heterocycles. The lowest BCUT2D eigenvalue weighted by atomic mass is 9.97. The molecule has 2 aliphatic rings. The minimum Gasteiger partial charge on any atom is -0.450 e. The number of amides is 2. The second-order valence-electron chi connectivity index (χ2n) is 5.99. The van der Waals surface area contributed by atoms with E-state index in [9.17, 15) is 9.59 Å². The Kier molecular flexibility index (Phi) is 4.75. The first kappa shape index (κ1) is 16.8. The first-order valence-electron chi connectivity index (χ1n) is 8.03. The first-order chi connectivity index (χ1) is 11.5. The van der Waals surface area contributed by atoms with Gasteiger partial charge < -0.3 is 19.4 Å². The summed E-state index contributed by atoms with van der Waals surface area (Å²) in [5.74, 6) is -0.0821. The molecule has 2 amide bonds. The molecule has 130 valence electrons. The molecule has 0 unspecified atom stereocenters. The van der Waals surface area contributed by atoms with Crippen molar-refractivity contribution in [2.24, 2.45) is 5.16 Å². The van der Waals surface area contributed by atoms with Gasteiger partial charge in [-0.05, 0) is 25.3 Å². The van der Waals surface area contributed by atoms with Gasteiger partial charge in [-0.25, -0.2) is 4.79 Å². The van der Waals surface area contributed by atoms with E-state index < -0.39 is 5.60 Å². The lowest BCUT2D eigenvalue weighted by Crippen LogP contribution is -2.56. The number of rotatable bonds is 3. The topological polar surface area (TPSA) is 71.4 Å². The van der Waals surface area contributed by atoms with E-state index >= 15 is 0 Å². The second-order valence-corrected chi connectivity index (χ2v) is 6.94. The van der Waals surface area contributed by atoms with E-state index in [-0.39, 0.29) is 12.0 Å². The zero-order valence-electron chi connectivity index (χ0n) is 13.9. The molecule has 0 N–H and O–H groups in total. The Morgan fingerprint density at radius 1 is 1.33 bits per heavy atom. The van der Waals surface area contributed by atoms with Crippen molar-refractivity contribution in [1.82, 2.24) is 9.80 Å². The number of nitrogens with zero attached hydrogens (tertiary/aromatic N) is 3. The third-order valence-corrected chi connectivity index (χ3v) is 5.13. The minimum atomic E-state index is -0.967. The molecule has 8 heteroatoms. The largest absolute Gasteiger partial charge is 0.450 e. The Hall–Kier alpha value is -2.09. The number of hydrogen-bond acceptors (Lipinski definition) is 6. The van der Waals surface area contributed by atoms with Crippen molar-refractivity contribution in [1.29, 1.82) is 0 Å². The normalized spacial score (nSPS) is 23.7. The summed E-state index contributed by atoms with van der Waals surface area (Å²) in [6, 6.07) is 3.93. The summed E-state index contributed by atoms with van der Waals surface area (Å²) in [5, 5.41) is 6.09. The maximum Gasteiger partial charge on any atom is 0.409 e. The van der Waals surface area contributed by atoms with Crippen LogP contribution in [0.4, 0.5) is 4.79 Å². The SMILES string of the molecule is CCOC(=O)N1CCN(C(=O)[C@@]2(C)CC(c3cccs3)=NO2)CC1. The predicted molar refractivity (Wildman–Crippen MR) is 90.1 cm³/mol. The van der Waals surface area contributed by atoms with Crippen LogP contribution in [-0.4, -0.2) is 65.9 Å². The van der Waals surface area contributed by atoms with Crippen molar-refractivity contribution in [3.05, 3.63) is 22.4 Å². The van der Waals surface area contributed by atoms with Gasteiger partial charge in [0.25, 0.3) is 5.91 Å². The fourth-order valence-electron chi connectivity index (χ4n) is 2.87. The van der Waals surface area contributed by atoms with E-state index in [1.54, 1.807) is 35.0 Å². The fraction of sp³-hybridized carbons (Fsp3) is 0.562. The maximum atomic E-state index is 12.8. The Morgan fingerprint density at radius 2 is 2.04 bits per heavy atom. The van der Waals surface area contributed by atoms with E-state index in [2.05, 4.69) is 5.16 Å². The van der Waals surface area contributed by atoms with Gasteiger partial charge in [-0.2, -0.15) is 0 Å². The Balaban J connectivity index is 1.57. The summed E-state index contributed by atoms with van der Waals surface area (Å²) >= 11 is 1.58. The van der Waals surface area contributed by atoms with Crippen LogP contribution >= 0.6 is 11.3 Å². The molecule has 0 aromatic carbocycles. The van der Waals surface area contributed by atoms with Crippen LogP contribution in [0.1, 0.15) is 25.1 Å². The van der Waals surface area contributed by atoms with Crippen molar-refractivity contribution >= 4 is 29.0 Å². The molecule has 3 heterocycles. The number of thiophene rings is 1. The standard InChI is InChI=1S/C16H21N3O4S/c1-3-22-15(21)19-8-6-18(7-9-19)14(20)16(2)11-12(17-23-16)13-5-4-10-24-13/h4-5,10H,3,6-9,11H2,1-2H3/t16-/m1/s1. The zero-order valence-corrected chi connectivity index (χ0v) is 14.7. The zero-order chi connectivity index (χ0) is 17.2. The Morgan fingerprint density at radius 3 is 2.67 bits per heavy atom. The van der Waals surface area contributed by atoms with Crippen LogP contribution in [0.15, 0.2) is 22.7 Å². The third-order valence-electron chi connectivity index (χ3n) is 4.21. The summed E-state index contributed by atoms with van der Waals surface area (Å²) in [7, 11) is 0. The van der Waals surface area contributed by atoms with Gasteiger partial charge in [0.1, 0.15) is 5.71 Å². The number of piperazine rings is 1. The molecule has 1 saturated heterocycles. The minimum absolute atomic E-state index is 0.0821. The molecule has 1 atom stereocenters. The van der Waals surface area contributed by atoms with E-state index in [4.69, 9.17) is 9.57 Å². The van der Waals surface area contributed by atoms with Crippen LogP contribution in [0.5, 0.6) is 0 Å². The molecule has 0 saturated carbocycles. The Bertz CT molecular complexity index is 638. The van der Waals surface area contributed by atoms with Crippen LogP contribution in [-0.2, 0) is 14.4 Å². The molecule has 7 nitrogen and oxygen atoms in total. The smallest absolute Gasteiger partial charge is 0.409 e. The Labute approximate surface area is 144 Å². The van der Waals surface area contributed by atoms with Gasteiger partial charge in [0, 0.05) is 32.6 Å². The lowest BCUT2D eigenvalue weighted by Gasteiger charge is -2.37. The van der Waals surface area contributed by atoms with Crippen LogP contribution in [0, 0.1) is 0 Å². The van der Waals surface area contributed by atoms with Gasteiger partial charge in [-0.15, -0.1) is 11.3 Å². The summed E-state index contributed by atoms with van der Waals surface area (Å²) in [4.78, 5) is 34.5. The molecule has 24 heavy (non-hydrogen) atoms. The molecule has 2 aliphatic heterocycles. The average Bonchev–Trinajstić information content (AvgIpc) is 3.25. The number of carbonyl (C=O) groups is 2. The van der Waals surface area contributed by atoms with Crippen LogP contribution < -0.4 is 0 Å². The highest BCUT2D eigenvalue weighted by molar-refractivity contribution is 7.12. The van der Waals surface area contributed by atoms with Crippen LogP contribution in [0.3, 0.4) is 0 Å². The van der Waals surface area contributed by atoms with E-state index in [0.29, 0.717) is 39.2 Å². The summed E-state index contributed by atoms with van der Waals surface area (Å²) in [6.07, 6.45) is 0.140. The van der Waals surface area contributed by atoms with E-state index in [0.717, 1.165) is 10.6 Å². The molecule has 3 rings (SSSR count). The molecule has 1 aromatic rings. The number of ether oxygens (including phenoxy) is 1. The van der Waals surface area contributed by atoms with Gasteiger partial charge in [0.05, 0.1) is 11.5 Å². The third kappa shape index (κ3) is 3.24. The molecule has 0 radical (unpaired) electrons. The van der Waals surface area contributed by atoms with E-state index in [1.807, 2.05) is 17.5 Å². The highest BCUT2D eigenvalue weighted by atomic mass is 32.1. The summed E-state index contributed by atoms with van der Waals surface area (Å²) in [5.41, 5.74) is -0.156. The maximum absolute atomic E-state index is 12.8. The molecular formula is C16H21N3O4S. The number of hydrogen-bond donors (Lipinski definition) is 0. The molecular weight excluding hydrogens is 330 g/mol. The van der Waals surface area contributed by atoms with Crippen molar-refractivity contribution in [2.45, 2.75) is 25.9 Å². The number of oxime groups is 1. The summed E-state index contributed by atoms with van der Waals surface area (Å²) in [6.45, 7) is 5.81. The lowest BCUT2D eigenvalue weighted by molar-refractivity contribution is -0.154. The highest BCUT2D eigenvalue weighted by Gasteiger charge is 2.45. The van der Waals surface area contributed by atoms with Gasteiger partial charge in [0.15, 0.2) is 0 Å². The van der Waals surface area contributed by atoms with Gasteiger partial charge in [-0.3, -0.25) is 4.79 Å². The molecule has 1 fully saturated rings.